The van der Waals surface area contributed by atoms with E-state index in [1.807, 2.05) is 25.4 Å². The van der Waals surface area contributed by atoms with E-state index in [9.17, 15) is 30.6 Å². The third-order valence-electron chi connectivity index (χ3n) is 15.9. The van der Waals surface area contributed by atoms with Crippen molar-refractivity contribution >= 4 is 0 Å². The van der Waals surface area contributed by atoms with Crippen molar-refractivity contribution in [3.05, 3.63) is 70.0 Å². The van der Waals surface area contributed by atoms with Gasteiger partial charge in [-0.05, 0) is 174 Å². The molecule has 1 saturated heterocycles. The first-order valence-electron chi connectivity index (χ1n) is 24.2. The van der Waals surface area contributed by atoms with Gasteiger partial charge in [0.1, 0.15) is 5.75 Å². The number of hydrogen-bond donors (Lipinski definition) is 8. The average molecular weight is 875 g/mol. The topological polar surface area (TPSA) is 186 Å². The number of rotatable bonds is 14. The minimum Gasteiger partial charge on any atom is -0.504 e. The van der Waals surface area contributed by atoms with E-state index in [1.165, 1.54) is 18.2 Å². The number of phenolic OH excluding ortho intramolecular Hbond substituents is 1. The molecule has 3 saturated carbocycles. The maximum absolute atomic E-state index is 12.0. The molecule has 8 N–H and O–H groups in total. The van der Waals surface area contributed by atoms with Gasteiger partial charge < -0.3 is 59.9 Å². The van der Waals surface area contributed by atoms with Crippen molar-refractivity contribution in [3.63, 3.8) is 0 Å². The normalized spacial score (nSPS) is 32.3. The first-order valence-corrected chi connectivity index (χ1v) is 24.2. The van der Waals surface area contributed by atoms with Crippen molar-refractivity contribution in [1.29, 1.82) is 0 Å². The first kappa shape index (κ1) is 46.2. The summed E-state index contributed by atoms with van der Waals surface area (Å²) in [7, 11) is 1.45. The zero-order valence-corrected chi connectivity index (χ0v) is 37.6. The van der Waals surface area contributed by atoms with Crippen molar-refractivity contribution in [3.8, 4) is 23.0 Å². The lowest BCUT2D eigenvalue weighted by Gasteiger charge is -2.46. The molecule has 3 aromatic rings. The number of aromatic amines is 1. The van der Waals surface area contributed by atoms with Gasteiger partial charge in [0, 0.05) is 55.5 Å². The number of benzene rings is 2. The number of ether oxygens (including phenoxy) is 4. The van der Waals surface area contributed by atoms with Gasteiger partial charge in [0.15, 0.2) is 11.5 Å². The van der Waals surface area contributed by atoms with Gasteiger partial charge in [0.05, 0.1) is 50.3 Å². The minimum atomic E-state index is -0.703. The molecule has 11 unspecified atom stereocenters. The molecule has 11 atom stereocenters. The monoisotopic (exact) mass is 875 g/mol. The van der Waals surface area contributed by atoms with E-state index in [0.717, 1.165) is 108 Å². The average Bonchev–Trinajstić information content (AvgIpc) is 3.95. The van der Waals surface area contributed by atoms with E-state index in [-0.39, 0.29) is 47.5 Å². The Morgan fingerprint density at radius 3 is 2.54 bits per heavy atom. The molecule has 0 spiro atoms. The quantitative estimate of drug-likeness (QED) is 0.0588. The van der Waals surface area contributed by atoms with Crippen LogP contribution in [-0.4, -0.2) is 99.6 Å². The lowest BCUT2D eigenvalue weighted by atomic mass is 9.66. The molecule has 1 aromatic heterocycles. The van der Waals surface area contributed by atoms with E-state index < -0.39 is 42.0 Å². The molecule has 0 amide bonds. The molecule has 2 bridgehead atoms. The number of methoxy groups -OCH3 is 1. The number of nitrogens with one attached hydrogen (secondary N) is 2. The van der Waals surface area contributed by atoms with E-state index in [1.54, 1.807) is 0 Å². The third kappa shape index (κ3) is 10.4. The number of aliphatic hydroxyl groups is 4. The summed E-state index contributed by atoms with van der Waals surface area (Å²) in [5.74, 6) is 1.37. The fraction of sp³-hybridized carbons (Fsp3) is 0.686. The molecule has 2 aliphatic heterocycles. The van der Waals surface area contributed by atoms with Gasteiger partial charge in [0.2, 0.25) is 5.75 Å². The van der Waals surface area contributed by atoms with Crippen molar-refractivity contribution in [2.75, 3.05) is 40.0 Å². The van der Waals surface area contributed by atoms with Gasteiger partial charge in [-0.15, -0.1) is 0 Å². The Kier molecular flexibility index (Phi) is 15.3. The zero-order valence-electron chi connectivity index (χ0n) is 37.6. The number of aliphatic hydroxyl groups excluding tert-OH is 3. The molecule has 5 aliphatic rings. The second-order valence-electron chi connectivity index (χ2n) is 19.7. The Morgan fingerprint density at radius 2 is 1.75 bits per heavy atom. The van der Waals surface area contributed by atoms with Crippen LogP contribution >= 0.6 is 0 Å². The highest BCUT2D eigenvalue weighted by atomic mass is 16.5. The Hall–Kier alpha value is -3.36. The highest BCUT2D eigenvalue weighted by molar-refractivity contribution is 5.64. The molecule has 12 heteroatoms. The van der Waals surface area contributed by atoms with Crippen LogP contribution in [0.3, 0.4) is 0 Å². The van der Waals surface area contributed by atoms with Crippen molar-refractivity contribution in [2.45, 2.75) is 158 Å². The lowest BCUT2D eigenvalue weighted by molar-refractivity contribution is -0.154. The minimum absolute atomic E-state index is 0.0628. The fourth-order valence-electron chi connectivity index (χ4n) is 12.5. The van der Waals surface area contributed by atoms with Crippen molar-refractivity contribution in [2.24, 2.45) is 23.7 Å². The standard InChI is InChI=1S/C51H74N2O10/c1-3-61-21-4-18-52-19-13-31-5-8-36-38(23-31)39-25-34(7-10-44(39)62-22-15-32-11-16-51(59,28-32)17-12-42(36)55)35-6-9-37-43(56)27-46(63-45(37)26-35)47-40(24-33-14-20-53-29-33)50(60-2)49(58)48(57)41(47)30-54/h7,10,14,20,25,29,31-32,35-38,42-43,45-46,52-59H,3-6,8-9,11-13,15-19,21-24,26-28,30H2,1-2H3. The van der Waals surface area contributed by atoms with Gasteiger partial charge >= 0.3 is 0 Å². The van der Waals surface area contributed by atoms with Gasteiger partial charge in [-0.1, -0.05) is 12.1 Å². The summed E-state index contributed by atoms with van der Waals surface area (Å²) >= 11 is 0. The summed E-state index contributed by atoms with van der Waals surface area (Å²) in [4.78, 5) is 3.08. The zero-order chi connectivity index (χ0) is 44.1. The maximum Gasteiger partial charge on any atom is 0.201 e. The van der Waals surface area contributed by atoms with Gasteiger partial charge in [-0.3, -0.25) is 0 Å². The maximum atomic E-state index is 12.0. The van der Waals surface area contributed by atoms with Gasteiger partial charge in [0.25, 0.3) is 0 Å². The van der Waals surface area contributed by atoms with E-state index in [0.29, 0.717) is 55.3 Å². The van der Waals surface area contributed by atoms with Crippen LogP contribution in [-0.2, 0) is 22.5 Å². The fourth-order valence-corrected chi connectivity index (χ4v) is 12.5. The molecule has 2 aromatic carbocycles. The summed E-state index contributed by atoms with van der Waals surface area (Å²) in [5.41, 5.74) is 3.97. The highest BCUT2D eigenvalue weighted by Gasteiger charge is 2.45. The van der Waals surface area contributed by atoms with Gasteiger partial charge in [-0.25, -0.2) is 0 Å². The van der Waals surface area contributed by atoms with Crippen LogP contribution in [0.2, 0.25) is 0 Å². The Balaban J connectivity index is 1.07. The Bertz CT molecular complexity index is 1940. The lowest BCUT2D eigenvalue weighted by Crippen LogP contribution is -2.44. The molecule has 3 heterocycles. The van der Waals surface area contributed by atoms with E-state index >= 15 is 0 Å². The van der Waals surface area contributed by atoms with Crippen LogP contribution in [0.5, 0.6) is 23.0 Å². The number of aromatic hydroxyl groups is 2. The smallest absolute Gasteiger partial charge is 0.201 e. The molecule has 63 heavy (non-hydrogen) atoms. The molecule has 4 fully saturated rings. The second-order valence-corrected chi connectivity index (χ2v) is 19.7. The summed E-state index contributed by atoms with van der Waals surface area (Å²) in [6, 6.07) is 8.68. The molecular weight excluding hydrogens is 801 g/mol. The summed E-state index contributed by atoms with van der Waals surface area (Å²) in [6.45, 7) is 5.52. The predicted molar refractivity (Wildman–Crippen MR) is 240 cm³/mol. The number of fused-ring (bicyclic) bond motifs is 6. The second kappa shape index (κ2) is 20.9. The van der Waals surface area contributed by atoms with Crippen LogP contribution in [0.1, 0.15) is 155 Å². The van der Waals surface area contributed by atoms with Crippen molar-refractivity contribution in [1.82, 2.24) is 10.3 Å². The molecule has 12 nitrogen and oxygen atoms in total. The number of H-pyrrole nitrogens is 1. The number of phenols is 2. The van der Waals surface area contributed by atoms with Crippen LogP contribution in [0.4, 0.5) is 0 Å². The summed E-state index contributed by atoms with van der Waals surface area (Å²) in [6.07, 6.45) is 14.4. The molecule has 0 radical (unpaired) electrons. The number of aromatic nitrogens is 1. The first-order chi connectivity index (χ1) is 30.6. The van der Waals surface area contributed by atoms with E-state index in [4.69, 9.17) is 18.9 Å². The Labute approximate surface area is 373 Å². The summed E-state index contributed by atoms with van der Waals surface area (Å²) in [5, 5.41) is 71.8. The predicted octanol–water partition coefficient (Wildman–Crippen LogP) is 7.65. The molecular formula is C51H74N2O10. The van der Waals surface area contributed by atoms with Crippen LogP contribution in [0.25, 0.3) is 0 Å². The molecule has 8 rings (SSSR count). The van der Waals surface area contributed by atoms with Crippen LogP contribution in [0.15, 0.2) is 36.7 Å². The van der Waals surface area contributed by atoms with Gasteiger partial charge in [-0.2, -0.15) is 0 Å². The SMILES string of the molecule is CCOCCCNCCC1CCC2C(O)CCC3(O)CCC(CCOc4ccc(C5CCC6C(O)CC(c7c(CO)c(O)c(O)c(OC)c7Cc7cc[nH]c7)OC6C5)cc4C2C1)C3. The molecule has 3 aliphatic carbocycles. The van der Waals surface area contributed by atoms with E-state index in [2.05, 4.69) is 28.5 Å². The molecule has 348 valence electrons. The van der Waals surface area contributed by atoms with Crippen LogP contribution < -0.4 is 14.8 Å². The number of hydrogen-bond acceptors (Lipinski definition) is 11. The third-order valence-corrected chi connectivity index (χ3v) is 15.9. The summed E-state index contributed by atoms with van der Waals surface area (Å²) < 4.78 is 25.0. The largest absolute Gasteiger partial charge is 0.504 e. The van der Waals surface area contributed by atoms with Crippen LogP contribution in [0, 0.1) is 23.7 Å². The Morgan fingerprint density at radius 1 is 0.905 bits per heavy atom. The van der Waals surface area contributed by atoms with Crippen molar-refractivity contribution < 1.29 is 49.6 Å². The highest BCUT2D eigenvalue weighted by Crippen LogP contribution is 2.54.